The van der Waals surface area contributed by atoms with Crippen LogP contribution >= 0.6 is 46.4 Å². The predicted molar refractivity (Wildman–Crippen MR) is 129 cm³/mol. The molecule has 2 fully saturated rings. The predicted octanol–water partition coefficient (Wildman–Crippen LogP) is 4.62. The third-order valence-corrected chi connectivity index (χ3v) is 7.35. The summed E-state index contributed by atoms with van der Waals surface area (Å²) in [6.45, 7) is 1.03. The van der Waals surface area contributed by atoms with Crippen molar-refractivity contribution >= 4 is 58.2 Å². The van der Waals surface area contributed by atoms with Gasteiger partial charge in [-0.25, -0.2) is 0 Å². The smallest absolute Gasteiger partial charge is 0.245 e. The van der Waals surface area contributed by atoms with E-state index in [-0.39, 0.29) is 24.3 Å². The lowest BCUT2D eigenvalue weighted by atomic mass is 9.93. The van der Waals surface area contributed by atoms with Gasteiger partial charge in [0, 0.05) is 45.6 Å². The maximum absolute atomic E-state index is 13.4. The molecule has 1 saturated heterocycles. The van der Waals surface area contributed by atoms with E-state index in [1.165, 1.54) is 0 Å². The second-order valence-electron chi connectivity index (χ2n) is 8.51. The Kier molecular flexibility index (Phi) is 6.94. The third kappa shape index (κ3) is 4.87. The fraction of sp³-hybridized carbons (Fsp3) is 0.391. The number of nitrogens with one attached hydrogen (secondary N) is 1. The van der Waals surface area contributed by atoms with Crippen molar-refractivity contribution in [1.82, 2.24) is 10.2 Å². The second-order valence-corrected chi connectivity index (χ2v) is 10.2. The first-order valence-corrected chi connectivity index (χ1v) is 12.0. The molecule has 0 spiro atoms. The number of benzene rings is 2. The lowest BCUT2D eigenvalue weighted by molar-refractivity contribution is -0.136. The van der Waals surface area contributed by atoms with Crippen molar-refractivity contribution in [3.8, 4) is 0 Å². The highest BCUT2D eigenvalue weighted by Crippen LogP contribution is 2.51. The van der Waals surface area contributed by atoms with Gasteiger partial charge in [0.15, 0.2) is 0 Å². The number of carbonyl (C=O) groups excluding carboxylic acids is 2. The molecule has 1 aliphatic heterocycles. The fourth-order valence-electron chi connectivity index (χ4n) is 4.23. The van der Waals surface area contributed by atoms with Gasteiger partial charge in [0.25, 0.3) is 0 Å². The summed E-state index contributed by atoms with van der Waals surface area (Å²) in [6, 6.07) is 9.41. The summed E-state index contributed by atoms with van der Waals surface area (Å²) in [5, 5.41) is 4.89. The highest BCUT2D eigenvalue weighted by molar-refractivity contribution is 6.35. The molecule has 0 bridgehead atoms. The molecule has 2 atom stereocenters. The Morgan fingerprint density at radius 3 is 2.28 bits per heavy atom. The molecular weight excluding hydrogens is 492 g/mol. The number of nitrogens with two attached hydrogens (primary N) is 1. The number of nitrogens with zero attached hydrogens (tertiary/aromatic N) is 1. The molecule has 4 rings (SSSR count). The average molecular weight is 515 g/mol. The van der Waals surface area contributed by atoms with E-state index < -0.39 is 11.5 Å². The van der Waals surface area contributed by atoms with Crippen LogP contribution in [0, 0.1) is 0 Å². The molecule has 32 heavy (non-hydrogen) atoms. The summed E-state index contributed by atoms with van der Waals surface area (Å²) in [5.74, 6) is -0.399. The number of rotatable bonds is 6. The Hall–Kier alpha value is -1.50. The lowest BCUT2D eigenvalue weighted by Gasteiger charge is -2.27. The van der Waals surface area contributed by atoms with Crippen LogP contribution in [-0.4, -0.2) is 41.9 Å². The van der Waals surface area contributed by atoms with E-state index in [1.54, 1.807) is 41.3 Å². The number of likely N-dealkylation sites (tertiary alicyclic amines) is 1. The quantitative estimate of drug-likeness (QED) is 0.590. The van der Waals surface area contributed by atoms with E-state index in [1.807, 2.05) is 0 Å². The molecule has 2 aromatic carbocycles. The molecule has 0 unspecified atom stereocenters. The Bertz CT molecular complexity index is 1060. The first-order valence-electron chi connectivity index (χ1n) is 10.4. The Morgan fingerprint density at radius 1 is 1.06 bits per heavy atom. The van der Waals surface area contributed by atoms with Gasteiger partial charge < -0.3 is 16.0 Å². The van der Waals surface area contributed by atoms with Crippen molar-refractivity contribution in [2.24, 2.45) is 5.73 Å². The first kappa shape index (κ1) is 23.7. The standard InChI is InChI=1S/C23H23Cl4N3O2/c24-14-2-1-13(18(26)10-14)9-20(21(31)30-8-5-16(28)12-30)29-22(32)23(6-7-23)17-4-3-15(25)11-19(17)27/h1-4,10-11,16,20H,5-9,12,28H2,(H,29,32)/t16-,20-/m0/s1. The summed E-state index contributed by atoms with van der Waals surface area (Å²) in [6.07, 6.45) is 2.28. The zero-order valence-electron chi connectivity index (χ0n) is 17.2. The van der Waals surface area contributed by atoms with Gasteiger partial charge in [-0.3, -0.25) is 9.59 Å². The minimum Gasteiger partial charge on any atom is -0.343 e. The summed E-state index contributed by atoms with van der Waals surface area (Å²) in [4.78, 5) is 28.5. The fourth-order valence-corrected chi connectivity index (χ4v) is 5.31. The zero-order valence-corrected chi connectivity index (χ0v) is 20.2. The number of hydrogen-bond donors (Lipinski definition) is 2. The molecule has 2 aromatic rings. The van der Waals surface area contributed by atoms with Crippen molar-refractivity contribution < 1.29 is 9.59 Å². The molecule has 2 amide bonds. The van der Waals surface area contributed by atoms with Crippen LogP contribution < -0.4 is 11.1 Å². The molecule has 0 radical (unpaired) electrons. The summed E-state index contributed by atoms with van der Waals surface area (Å²) < 4.78 is 0. The molecular formula is C23H23Cl4N3O2. The monoisotopic (exact) mass is 513 g/mol. The van der Waals surface area contributed by atoms with Gasteiger partial charge in [-0.15, -0.1) is 0 Å². The maximum atomic E-state index is 13.4. The number of amides is 2. The highest BCUT2D eigenvalue weighted by atomic mass is 35.5. The third-order valence-electron chi connectivity index (χ3n) is 6.21. The molecule has 5 nitrogen and oxygen atoms in total. The normalized spacial score (nSPS) is 20.2. The largest absolute Gasteiger partial charge is 0.343 e. The summed E-state index contributed by atoms with van der Waals surface area (Å²) >= 11 is 24.8. The van der Waals surface area contributed by atoms with Gasteiger partial charge in [0.1, 0.15) is 6.04 Å². The van der Waals surface area contributed by atoms with Crippen LogP contribution in [0.5, 0.6) is 0 Å². The molecule has 9 heteroatoms. The first-order chi connectivity index (χ1) is 15.2. The molecule has 1 heterocycles. The van der Waals surface area contributed by atoms with E-state index in [9.17, 15) is 9.59 Å². The molecule has 3 N–H and O–H groups in total. The van der Waals surface area contributed by atoms with Gasteiger partial charge in [-0.2, -0.15) is 0 Å². The Morgan fingerprint density at radius 2 is 1.72 bits per heavy atom. The van der Waals surface area contributed by atoms with Crippen LogP contribution in [0.4, 0.5) is 0 Å². The number of hydrogen-bond acceptors (Lipinski definition) is 3. The minimum absolute atomic E-state index is 0.0583. The highest BCUT2D eigenvalue weighted by Gasteiger charge is 2.53. The van der Waals surface area contributed by atoms with Crippen LogP contribution in [-0.2, 0) is 21.4 Å². The van der Waals surface area contributed by atoms with Crippen molar-refractivity contribution in [3.05, 3.63) is 67.6 Å². The van der Waals surface area contributed by atoms with E-state index >= 15 is 0 Å². The summed E-state index contributed by atoms with van der Waals surface area (Å²) in [5.41, 5.74) is 6.69. The SMILES string of the molecule is N[C@H]1CCN(C(=O)[C@H](Cc2ccc(Cl)cc2Cl)NC(=O)C2(c3ccc(Cl)cc3Cl)CC2)C1. The van der Waals surface area contributed by atoms with E-state index in [2.05, 4.69) is 5.32 Å². The van der Waals surface area contributed by atoms with E-state index in [0.717, 1.165) is 17.5 Å². The van der Waals surface area contributed by atoms with Crippen molar-refractivity contribution in [1.29, 1.82) is 0 Å². The molecule has 1 aliphatic carbocycles. The van der Waals surface area contributed by atoms with Gasteiger partial charge in [-0.1, -0.05) is 58.5 Å². The minimum atomic E-state index is -0.782. The maximum Gasteiger partial charge on any atom is 0.245 e. The molecule has 170 valence electrons. The second kappa shape index (κ2) is 9.40. The van der Waals surface area contributed by atoms with Gasteiger partial charge in [-0.05, 0) is 54.7 Å². The van der Waals surface area contributed by atoms with Crippen LogP contribution in [0.2, 0.25) is 20.1 Å². The number of carbonyl (C=O) groups is 2. The van der Waals surface area contributed by atoms with Crippen molar-refractivity contribution in [3.63, 3.8) is 0 Å². The van der Waals surface area contributed by atoms with Crippen LogP contribution in [0.25, 0.3) is 0 Å². The topological polar surface area (TPSA) is 75.4 Å². The van der Waals surface area contributed by atoms with Crippen molar-refractivity contribution in [2.75, 3.05) is 13.1 Å². The number of halogens is 4. The lowest BCUT2D eigenvalue weighted by Crippen LogP contribution is -2.52. The molecule has 2 aliphatic rings. The van der Waals surface area contributed by atoms with Gasteiger partial charge in [0.2, 0.25) is 11.8 Å². The Balaban J connectivity index is 1.59. The van der Waals surface area contributed by atoms with Crippen LogP contribution in [0.3, 0.4) is 0 Å². The molecule has 1 saturated carbocycles. The van der Waals surface area contributed by atoms with E-state index in [4.69, 9.17) is 52.1 Å². The average Bonchev–Trinajstić information content (AvgIpc) is 3.42. The van der Waals surface area contributed by atoms with Gasteiger partial charge in [0.05, 0.1) is 5.41 Å². The molecule has 0 aromatic heterocycles. The summed E-state index contributed by atoms with van der Waals surface area (Å²) in [7, 11) is 0. The van der Waals surface area contributed by atoms with E-state index in [0.29, 0.717) is 46.0 Å². The van der Waals surface area contributed by atoms with Gasteiger partial charge >= 0.3 is 0 Å². The zero-order chi connectivity index (χ0) is 23.0. The van der Waals surface area contributed by atoms with Crippen molar-refractivity contribution in [2.45, 2.75) is 43.2 Å². The van der Waals surface area contributed by atoms with Crippen LogP contribution in [0.1, 0.15) is 30.4 Å². The Labute approximate surface area is 207 Å². The van der Waals surface area contributed by atoms with Crippen LogP contribution in [0.15, 0.2) is 36.4 Å².